The molecule has 0 aliphatic carbocycles. The van der Waals surface area contributed by atoms with Gasteiger partial charge in [-0.25, -0.2) is 4.79 Å². The molecule has 0 fully saturated rings. The highest BCUT2D eigenvalue weighted by molar-refractivity contribution is 5.87. The molecule has 17 heteroatoms. The van der Waals surface area contributed by atoms with Crippen molar-refractivity contribution in [2.45, 2.75) is 160 Å². The number of carboxylic acid groups (broad SMARTS) is 2. The van der Waals surface area contributed by atoms with Gasteiger partial charge in [-0.3, -0.25) is 29.7 Å². The topological polar surface area (TPSA) is 254 Å². The van der Waals surface area contributed by atoms with E-state index in [1.165, 1.54) is 84.0 Å². The lowest BCUT2D eigenvalue weighted by atomic mass is 10.0. The van der Waals surface area contributed by atoms with Gasteiger partial charge >= 0.3 is 11.9 Å². The maximum absolute atomic E-state index is 12.3. The number of hydrogen-bond donors (Lipinski definition) is 7. The van der Waals surface area contributed by atoms with Crippen LogP contribution in [0.2, 0.25) is 0 Å². The molecule has 0 rings (SSSR count). The molecule has 0 aromatic rings. The molecule has 0 radical (unpaired) electrons. The van der Waals surface area contributed by atoms with E-state index in [2.05, 4.69) is 21.3 Å². The number of amides is 4. The Morgan fingerprint density at radius 1 is 0.458 bits per heavy atom. The van der Waals surface area contributed by atoms with E-state index in [1.807, 2.05) is 0 Å². The first kappa shape index (κ1) is 55.6. The van der Waals surface area contributed by atoms with Crippen LogP contribution in [-0.4, -0.2) is 124 Å². The zero-order valence-electron chi connectivity index (χ0n) is 36.1. The fraction of sp³-hybridized carbons (Fsp3) is 0.857. The van der Waals surface area contributed by atoms with Crippen molar-refractivity contribution in [2.24, 2.45) is 5.73 Å². The average Bonchev–Trinajstić information content (AvgIpc) is 3.18. The summed E-state index contributed by atoms with van der Waals surface area (Å²) in [5, 5.41) is 28.7. The summed E-state index contributed by atoms with van der Waals surface area (Å²) in [6, 6.07) is 0. The summed E-state index contributed by atoms with van der Waals surface area (Å²) in [5.74, 6) is -3.19. The highest BCUT2D eigenvalue weighted by Crippen LogP contribution is 2.15. The minimum Gasteiger partial charge on any atom is -0.481 e. The van der Waals surface area contributed by atoms with E-state index in [9.17, 15) is 33.9 Å². The maximum Gasteiger partial charge on any atom is 0.344 e. The number of carbonyl (C=O) groups is 6. The zero-order chi connectivity index (χ0) is 43.7. The second-order valence-corrected chi connectivity index (χ2v) is 15.1. The zero-order valence-corrected chi connectivity index (χ0v) is 36.1. The van der Waals surface area contributed by atoms with E-state index in [0.717, 1.165) is 38.5 Å². The molecule has 0 heterocycles. The Morgan fingerprint density at radius 2 is 0.864 bits per heavy atom. The third-order valence-corrected chi connectivity index (χ3v) is 9.51. The minimum atomic E-state index is -1.96. The number of nitrogens with one attached hydrogen (secondary N) is 4. The number of nitrogens with two attached hydrogens (primary N) is 1. The molecule has 4 amide bonds. The molecule has 17 nitrogen and oxygen atoms in total. The van der Waals surface area contributed by atoms with Crippen molar-refractivity contribution < 1.29 is 57.9 Å². The Bertz CT molecular complexity index is 1120. The number of unbranched alkanes of at least 4 members (excludes halogenated alkanes) is 18. The van der Waals surface area contributed by atoms with Crippen LogP contribution >= 0.6 is 0 Å². The monoisotopic (exact) mass is 846 g/mol. The van der Waals surface area contributed by atoms with Gasteiger partial charge in [0.05, 0.1) is 39.6 Å². The highest BCUT2D eigenvalue weighted by Gasteiger charge is 2.35. The molecular weight excluding hydrogens is 766 g/mol. The van der Waals surface area contributed by atoms with Crippen LogP contribution in [0.25, 0.3) is 0 Å². The molecule has 344 valence electrons. The van der Waals surface area contributed by atoms with Gasteiger partial charge in [-0.15, -0.1) is 0 Å². The van der Waals surface area contributed by atoms with Gasteiger partial charge < -0.3 is 50.4 Å². The van der Waals surface area contributed by atoms with Gasteiger partial charge in [-0.2, -0.15) is 0 Å². The van der Waals surface area contributed by atoms with Crippen LogP contribution in [0, 0.1) is 0 Å². The summed E-state index contributed by atoms with van der Waals surface area (Å²) in [6.45, 7) is 3.28. The second-order valence-electron chi connectivity index (χ2n) is 15.1. The van der Waals surface area contributed by atoms with Crippen LogP contribution in [-0.2, 0) is 47.7 Å². The summed E-state index contributed by atoms with van der Waals surface area (Å²) in [7, 11) is 0. The van der Waals surface area contributed by atoms with Crippen molar-refractivity contribution in [1.29, 1.82) is 0 Å². The van der Waals surface area contributed by atoms with E-state index in [1.54, 1.807) is 0 Å². The molecule has 0 aromatic heterocycles. The van der Waals surface area contributed by atoms with Gasteiger partial charge in [0.1, 0.15) is 13.2 Å². The number of carbonyl (C=O) groups excluding carboxylic acids is 4. The predicted molar refractivity (Wildman–Crippen MR) is 225 cm³/mol. The number of rotatable bonds is 44. The molecule has 0 aromatic carbocycles. The van der Waals surface area contributed by atoms with E-state index >= 15 is 0 Å². The van der Waals surface area contributed by atoms with Gasteiger partial charge in [-0.05, 0) is 32.1 Å². The third-order valence-electron chi connectivity index (χ3n) is 9.51. The quantitative estimate of drug-likeness (QED) is 0.0334. The van der Waals surface area contributed by atoms with Crippen molar-refractivity contribution >= 4 is 35.6 Å². The Morgan fingerprint density at radius 3 is 1.32 bits per heavy atom. The summed E-state index contributed by atoms with van der Waals surface area (Å²) < 4.78 is 21.1. The normalized spacial score (nSPS) is 12.1. The van der Waals surface area contributed by atoms with Crippen molar-refractivity contribution in [1.82, 2.24) is 21.3 Å². The first-order valence-electron chi connectivity index (χ1n) is 22.1. The fourth-order valence-corrected chi connectivity index (χ4v) is 6.13. The van der Waals surface area contributed by atoms with Crippen LogP contribution in [0.5, 0.6) is 0 Å². The first-order valence-corrected chi connectivity index (χ1v) is 22.1. The largest absolute Gasteiger partial charge is 0.481 e. The lowest BCUT2D eigenvalue weighted by Gasteiger charge is -2.26. The summed E-state index contributed by atoms with van der Waals surface area (Å²) >= 11 is 0. The van der Waals surface area contributed by atoms with E-state index < -0.39 is 30.1 Å². The smallest absolute Gasteiger partial charge is 0.344 e. The molecular formula is C42H79N5O12. The van der Waals surface area contributed by atoms with E-state index in [4.69, 9.17) is 29.8 Å². The van der Waals surface area contributed by atoms with Crippen LogP contribution < -0.4 is 27.0 Å². The van der Waals surface area contributed by atoms with Gasteiger partial charge in [0.25, 0.3) is 0 Å². The van der Waals surface area contributed by atoms with Crippen LogP contribution in [0.1, 0.15) is 155 Å². The Hall–Kier alpha value is -3.38. The SMILES string of the molecule is CC(=O)NCCOCCOCC(=O)NCCOCCOCC(=O)N[C@@](N)(CCCCNC(=O)CCCCCCCCCCCCCCCCCCCCC(=O)O)C(=O)O. The molecule has 0 unspecified atom stereocenters. The second kappa shape index (κ2) is 40.0. The molecule has 0 bridgehead atoms. The summed E-state index contributed by atoms with van der Waals surface area (Å²) in [4.78, 5) is 69.4. The molecule has 0 aliphatic heterocycles. The van der Waals surface area contributed by atoms with Crippen molar-refractivity contribution in [2.75, 3.05) is 72.5 Å². The molecule has 0 aliphatic rings. The third kappa shape index (κ3) is 39.8. The van der Waals surface area contributed by atoms with Gasteiger partial charge in [0.15, 0.2) is 5.66 Å². The molecule has 0 saturated heterocycles. The standard InChI is InChI=1S/C42H79N5O12/c1-36(48)44-26-28-56-30-32-58-34-38(50)46-27-29-57-31-33-59-35-39(51)47-42(43,41(54)55)24-20-21-25-45-37(49)22-18-16-14-12-10-8-6-4-2-3-5-7-9-11-13-15-17-19-23-40(52)53/h2-35,43H2,1H3,(H,44,48)(H,45,49)(H,46,50)(H,47,51)(H,52,53)(H,54,55)/t42-/m0/s1. The fourth-order valence-electron chi connectivity index (χ4n) is 6.13. The molecule has 0 saturated carbocycles. The van der Waals surface area contributed by atoms with Crippen LogP contribution in [0.15, 0.2) is 0 Å². The average molecular weight is 846 g/mol. The molecule has 8 N–H and O–H groups in total. The van der Waals surface area contributed by atoms with Gasteiger partial charge in [-0.1, -0.05) is 103 Å². The maximum atomic E-state index is 12.3. The summed E-state index contributed by atoms with van der Waals surface area (Å²) in [5.41, 5.74) is 4.02. The molecule has 0 spiro atoms. The Labute approximate surface area is 352 Å². The first-order chi connectivity index (χ1) is 28.5. The van der Waals surface area contributed by atoms with E-state index in [0.29, 0.717) is 52.0 Å². The van der Waals surface area contributed by atoms with Gasteiger partial charge in [0, 0.05) is 39.4 Å². The Balaban J connectivity index is 3.67. The number of carboxylic acids is 2. The van der Waals surface area contributed by atoms with Crippen molar-refractivity contribution in [3.05, 3.63) is 0 Å². The lowest BCUT2D eigenvalue weighted by Crippen LogP contribution is -2.62. The van der Waals surface area contributed by atoms with Crippen LogP contribution in [0.3, 0.4) is 0 Å². The van der Waals surface area contributed by atoms with Crippen molar-refractivity contribution in [3.8, 4) is 0 Å². The lowest BCUT2D eigenvalue weighted by molar-refractivity contribution is -0.148. The number of aliphatic carboxylic acids is 2. The highest BCUT2D eigenvalue weighted by atomic mass is 16.5. The van der Waals surface area contributed by atoms with E-state index in [-0.39, 0.29) is 63.7 Å². The molecule has 1 atom stereocenters. The summed E-state index contributed by atoms with van der Waals surface area (Å²) in [6.07, 6.45) is 23.0. The Kier molecular flexibility index (Phi) is 37.8. The minimum absolute atomic E-state index is 0.0154. The van der Waals surface area contributed by atoms with Crippen LogP contribution in [0.4, 0.5) is 0 Å². The number of hydrogen-bond acceptors (Lipinski definition) is 11. The van der Waals surface area contributed by atoms with Crippen molar-refractivity contribution in [3.63, 3.8) is 0 Å². The van der Waals surface area contributed by atoms with Gasteiger partial charge in [0.2, 0.25) is 23.6 Å². The number of ether oxygens (including phenoxy) is 4. The molecule has 59 heavy (non-hydrogen) atoms. The predicted octanol–water partition coefficient (Wildman–Crippen LogP) is 4.33.